The lowest BCUT2D eigenvalue weighted by atomic mass is 10.1. The lowest BCUT2D eigenvalue weighted by Crippen LogP contribution is -2.46. The van der Waals surface area contributed by atoms with E-state index in [1.807, 2.05) is 86.3 Å². The van der Waals surface area contributed by atoms with E-state index >= 15 is 0 Å². The minimum Gasteiger partial charge on any atom is -0.383 e. The first-order valence-electron chi connectivity index (χ1n) is 11.3. The van der Waals surface area contributed by atoms with Gasteiger partial charge >= 0.3 is 6.03 Å². The number of nitrogens with one attached hydrogen (secondary N) is 1. The van der Waals surface area contributed by atoms with Gasteiger partial charge in [-0.25, -0.2) is 4.79 Å². The van der Waals surface area contributed by atoms with E-state index in [0.29, 0.717) is 26.2 Å². The Bertz CT molecular complexity index is 1070. The molecule has 176 valence electrons. The van der Waals surface area contributed by atoms with Crippen LogP contribution in [0.25, 0.3) is 10.8 Å². The van der Waals surface area contributed by atoms with Crippen molar-refractivity contribution in [2.75, 3.05) is 38.7 Å². The lowest BCUT2D eigenvalue weighted by molar-refractivity contribution is -0.133. The fraction of sp³-hybridized carbons (Fsp3) is 0.385. The van der Waals surface area contributed by atoms with E-state index < -0.39 is 0 Å². The first kappa shape index (κ1) is 24.3. The van der Waals surface area contributed by atoms with E-state index in [0.717, 1.165) is 22.2 Å². The molecule has 1 heterocycles. The van der Waals surface area contributed by atoms with E-state index in [4.69, 9.17) is 4.74 Å². The van der Waals surface area contributed by atoms with Crippen LogP contribution in [0.2, 0.25) is 0 Å². The van der Waals surface area contributed by atoms with Gasteiger partial charge in [0.2, 0.25) is 5.91 Å². The molecule has 1 N–H and O–H groups in total. The van der Waals surface area contributed by atoms with E-state index in [-0.39, 0.29) is 24.4 Å². The fourth-order valence-corrected chi connectivity index (χ4v) is 3.80. The third-order valence-corrected chi connectivity index (χ3v) is 5.55. The highest BCUT2D eigenvalue weighted by Crippen LogP contribution is 2.23. The number of methoxy groups -OCH3 is 1. The predicted octanol–water partition coefficient (Wildman–Crippen LogP) is 4.34. The number of urea groups is 1. The number of hydrogen-bond acceptors (Lipinski definition) is 3. The molecule has 0 aliphatic heterocycles. The van der Waals surface area contributed by atoms with Crippen LogP contribution in [-0.4, -0.2) is 59.7 Å². The topological polar surface area (TPSA) is 66.8 Å². The summed E-state index contributed by atoms with van der Waals surface area (Å²) in [7, 11) is 3.57. The SMILES string of the molecule is COCCN(Cc1cccn1C)C(=O)CN(CC(C)C)C(=O)Nc1cccc2ccccc12. The minimum atomic E-state index is -0.279. The van der Waals surface area contributed by atoms with Crippen LogP contribution in [0.5, 0.6) is 0 Å². The molecule has 0 aliphatic rings. The number of anilines is 1. The Morgan fingerprint density at radius 3 is 2.48 bits per heavy atom. The number of amides is 3. The second kappa shape index (κ2) is 11.5. The summed E-state index contributed by atoms with van der Waals surface area (Å²) in [6.07, 6.45) is 1.96. The molecule has 0 bridgehead atoms. The first-order chi connectivity index (χ1) is 15.9. The van der Waals surface area contributed by atoms with Crippen molar-refractivity contribution in [2.45, 2.75) is 20.4 Å². The highest BCUT2D eigenvalue weighted by atomic mass is 16.5. The van der Waals surface area contributed by atoms with Crippen LogP contribution in [0.15, 0.2) is 60.8 Å². The average Bonchev–Trinajstić information content (AvgIpc) is 3.20. The Morgan fingerprint density at radius 1 is 1.03 bits per heavy atom. The summed E-state index contributed by atoms with van der Waals surface area (Å²) in [4.78, 5) is 29.9. The second-order valence-electron chi connectivity index (χ2n) is 8.65. The quantitative estimate of drug-likeness (QED) is 0.500. The Morgan fingerprint density at radius 2 is 1.79 bits per heavy atom. The van der Waals surface area contributed by atoms with Crippen molar-refractivity contribution in [1.82, 2.24) is 14.4 Å². The molecular formula is C26H34N4O3. The molecule has 7 nitrogen and oxygen atoms in total. The molecule has 0 radical (unpaired) electrons. The summed E-state index contributed by atoms with van der Waals surface area (Å²) >= 11 is 0. The molecule has 1 aromatic heterocycles. The zero-order valence-corrected chi connectivity index (χ0v) is 20.0. The maximum Gasteiger partial charge on any atom is 0.322 e. The van der Waals surface area contributed by atoms with Gasteiger partial charge in [0, 0.05) is 44.5 Å². The van der Waals surface area contributed by atoms with Crippen LogP contribution in [0.3, 0.4) is 0 Å². The number of fused-ring (bicyclic) bond motifs is 1. The molecule has 0 saturated heterocycles. The zero-order valence-electron chi connectivity index (χ0n) is 20.0. The van der Waals surface area contributed by atoms with Gasteiger partial charge in [0.1, 0.15) is 6.54 Å². The summed E-state index contributed by atoms with van der Waals surface area (Å²) in [6, 6.07) is 17.4. The highest BCUT2D eigenvalue weighted by Gasteiger charge is 2.23. The van der Waals surface area contributed by atoms with Crippen molar-refractivity contribution in [1.29, 1.82) is 0 Å². The molecule has 0 spiro atoms. The third kappa shape index (κ3) is 6.58. The maximum absolute atomic E-state index is 13.3. The van der Waals surface area contributed by atoms with Crippen molar-refractivity contribution in [3.05, 3.63) is 66.5 Å². The summed E-state index contributed by atoms with van der Waals surface area (Å²) in [6.45, 7) is 5.91. The monoisotopic (exact) mass is 450 g/mol. The van der Waals surface area contributed by atoms with Crippen molar-refractivity contribution in [3.8, 4) is 0 Å². The molecule has 3 amide bonds. The number of nitrogens with zero attached hydrogens (tertiary/aromatic N) is 3. The van der Waals surface area contributed by atoms with Gasteiger partial charge < -0.3 is 24.4 Å². The van der Waals surface area contributed by atoms with Crippen LogP contribution in [0.1, 0.15) is 19.5 Å². The summed E-state index contributed by atoms with van der Waals surface area (Å²) in [5.74, 6) is 0.110. The van der Waals surface area contributed by atoms with Crippen molar-refractivity contribution in [2.24, 2.45) is 13.0 Å². The van der Waals surface area contributed by atoms with Gasteiger partial charge in [0.15, 0.2) is 0 Å². The largest absolute Gasteiger partial charge is 0.383 e. The average molecular weight is 451 g/mol. The normalized spacial score (nSPS) is 11.1. The molecule has 0 atom stereocenters. The van der Waals surface area contributed by atoms with Gasteiger partial charge in [-0.2, -0.15) is 0 Å². The lowest BCUT2D eigenvalue weighted by Gasteiger charge is -2.29. The van der Waals surface area contributed by atoms with Gasteiger partial charge in [-0.15, -0.1) is 0 Å². The minimum absolute atomic E-state index is 0.00289. The number of rotatable bonds is 10. The Labute approximate surface area is 195 Å². The number of benzene rings is 2. The number of hydrogen-bond donors (Lipinski definition) is 1. The molecule has 0 saturated carbocycles. The van der Waals surface area contributed by atoms with E-state index in [9.17, 15) is 9.59 Å². The van der Waals surface area contributed by atoms with Crippen LogP contribution in [0, 0.1) is 5.92 Å². The van der Waals surface area contributed by atoms with Gasteiger partial charge in [-0.05, 0) is 29.5 Å². The molecule has 3 aromatic rings. The van der Waals surface area contributed by atoms with Crippen LogP contribution in [0.4, 0.5) is 10.5 Å². The smallest absolute Gasteiger partial charge is 0.322 e. The van der Waals surface area contributed by atoms with E-state index in [2.05, 4.69) is 5.32 Å². The number of aryl methyl sites for hydroxylation is 1. The van der Waals surface area contributed by atoms with Crippen LogP contribution < -0.4 is 5.32 Å². The molecule has 7 heteroatoms. The third-order valence-electron chi connectivity index (χ3n) is 5.55. The summed E-state index contributed by atoms with van der Waals surface area (Å²) in [5, 5.41) is 5.04. The summed E-state index contributed by atoms with van der Waals surface area (Å²) in [5.41, 5.74) is 1.76. The highest BCUT2D eigenvalue weighted by molar-refractivity contribution is 6.02. The number of carbonyl (C=O) groups excluding carboxylic acids is 2. The van der Waals surface area contributed by atoms with Crippen LogP contribution in [-0.2, 0) is 23.1 Å². The molecular weight excluding hydrogens is 416 g/mol. The van der Waals surface area contributed by atoms with Crippen molar-refractivity contribution in [3.63, 3.8) is 0 Å². The Kier molecular flexibility index (Phi) is 8.49. The second-order valence-corrected chi connectivity index (χ2v) is 8.65. The number of aromatic nitrogens is 1. The molecule has 0 aliphatic carbocycles. The first-order valence-corrected chi connectivity index (χ1v) is 11.3. The van der Waals surface area contributed by atoms with Gasteiger partial charge in [-0.3, -0.25) is 4.79 Å². The molecule has 33 heavy (non-hydrogen) atoms. The Balaban J connectivity index is 1.76. The molecule has 2 aromatic carbocycles. The fourth-order valence-electron chi connectivity index (χ4n) is 3.80. The standard InChI is InChI=1S/C26H34N4O3/c1-20(2)17-30(26(32)27-24-13-7-10-21-9-5-6-12-23(21)24)19-25(31)29(15-16-33-4)18-22-11-8-14-28(22)3/h5-14,20H,15-19H2,1-4H3,(H,27,32). The molecule has 0 unspecified atom stereocenters. The van der Waals surface area contributed by atoms with Crippen molar-refractivity contribution >= 4 is 28.4 Å². The molecule has 0 fully saturated rings. The van der Waals surface area contributed by atoms with Crippen LogP contribution >= 0.6 is 0 Å². The number of carbonyl (C=O) groups is 2. The van der Waals surface area contributed by atoms with Gasteiger partial charge in [-0.1, -0.05) is 50.2 Å². The maximum atomic E-state index is 13.3. The molecule has 3 rings (SSSR count). The summed E-state index contributed by atoms with van der Waals surface area (Å²) < 4.78 is 7.21. The van der Waals surface area contributed by atoms with Gasteiger partial charge in [0.25, 0.3) is 0 Å². The van der Waals surface area contributed by atoms with E-state index in [1.54, 1.807) is 16.9 Å². The predicted molar refractivity (Wildman–Crippen MR) is 132 cm³/mol. The number of ether oxygens (including phenoxy) is 1. The van der Waals surface area contributed by atoms with E-state index in [1.165, 1.54) is 0 Å². The van der Waals surface area contributed by atoms with Crippen molar-refractivity contribution < 1.29 is 14.3 Å². The van der Waals surface area contributed by atoms with Gasteiger partial charge in [0.05, 0.1) is 18.8 Å². The zero-order chi connectivity index (χ0) is 23.8. The Hall–Kier alpha value is -3.32.